The number of rotatable bonds is 20. The number of hydrogen-bond acceptors (Lipinski definition) is 18. The first-order valence-corrected chi connectivity index (χ1v) is 21.1. The van der Waals surface area contributed by atoms with E-state index in [2.05, 4.69) is 61.8 Å². The van der Waals surface area contributed by atoms with Gasteiger partial charge in [-0.2, -0.15) is 46.7 Å². The van der Waals surface area contributed by atoms with Gasteiger partial charge in [-0.3, -0.25) is 9.11 Å². The molecule has 0 radical (unpaired) electrons. The number of para-hydroxylation sites is 2. The van der Waals surface area contributed by atoms with Crippen molar-refractivity contribution in [2.24, 2.45) is 0 Å². The Bertz CT molecular complexity index is 2490. The Labute approximate surface area is 401 Å². The average molecular weight is 905 g/mol. The van der Waals surface area contributed by atoms with Crippen LogP contribution in [0.5, 0.6) is 0 Å². The van der Waals surface area contributed by atoms with Gasteiger partial charge in [0.05, 0.1) is 0 Å². The molecule has 0 amide bonds. The van der Waals surface area contributed by atoms with Gasteiger partial charge in [0, 0.05) is 49.1 Å². The van der Waals surface area contributed by atoms with Crippen LogP contribution in [0.2, 0.25) is 0 Å². The van der Waals surface area contributed by atoms with Crippen molar-refractivity contribution in [2.45, 2.75) is 22.6 Å². The molecule has 316 valence electrons. The minimum absolute atomic E-state index is 0. The molecule has 2 heterocycles. The van der Waals surface area contributed by atoms with E-state index < -0.39 is 30.0 Å². The van der Waals surface area contributed by atoms with Crippen LogP contribution < -0.4 is 31.9 Å². The third-order valence-electron chi connectivity index (χ3n) is 8.10. The van der Waals surface area contributed by atoms with Gasteiger partial charge in [-0.1, -0.05) is 60.7 Å². The maximum absolute atomic E-state index is 12.6. The van der Waals surface area contributed by atoms with Crippen molar-refractivity contribution < 1.29 is 36.2 Å². The standard InChI is InChI=1S/C38H40N12O8S2.2Na.2H/c51-21-7-19-39-33-45-35(41-27-9-3-1-4-10-27)49-37(47-33)43-29-17-15-25(31(23-29)59(53,54)55)13-14-26-16-18-30(24-32(26)60(56,57)58)44-38-48-34(40-20-8-22-52)46-36(50-38)42-28-11-5-2-6-12-28;;;;/h1-6,9-18,23-24,51-52H,7-8,19-22H2,(H,53,54,55)(H,56,57,58)(H3,39,41,43,45,47,49)(H3,40,42,44,46,48,50);;;;/b14-13+;;;;. The van der Waals surface area contributed by atoms with Crippen LogP contribution in [0.15, 0.2) is 107 Å². The summed E-state index contributed by atoms with van der Waals surface area (Å²) in [4.78, 5) is 25.1. The SMILES string of the molecule is O=S(=O)(O)c1cc(Nc2nc(NCCCO)nc(Nc3ccccc3)n2)ccc1/C=C/c1ccc(Nc2nc(NCCCO)nc(Nc3ccccc3)n2)cc1S(=O)(=O)O.[NaH].[NaH]. The van der Waals surface area contributed by atoms with Gasteiger partial charge in [0.1, 0.15) is 9.79 Å². The molecular weight excluding hydrogens is 863 g/mol. The summed E-state index contributed by atoms with van der Waals surface area (Å²) >= 11 is 0. The summed E-state index contributed by atoms with van der Waals surface area (Å²) in [5.74, 6) is 0.675. The first-order valence-electron chi connectivity index (χ1n) is 18.2. The van der Waals surface area contributed by atoms with E-state index in [0.29, 0.717) is 37.3 Å². The van der Waals surface area contributed by atoms with Gasteiger partial charge in [-0.15, -0.1) is 0 Å². The van der Waals surface area contributed by atoms with Crippen LogP contribution in [-0.4, -0.2) is 151 Å². The van der Waals surface area contributed by atoms with E-state index >= 15 is 0 Å². The molecule has 24 heteroatoms. The van der Waals surface area contributed by atoms with Gasteiger partial charge in [0.15, 0.2) is 0 Å². The van der Waals surface area contributed by atoms with Crippen LogP contribution in [0, 0.1) is 0 Å². The van der Waals surface area contributed by atoms with Crippen molar-refractivity contribution in [3.05, 3.63) is 108 Å². The number of aliphatic hydroxyl groups excluding tert-OH is 2. The van der Waals surface area contributed by atoms with E-state index in [9.17, 15) is 36.2 Å². The zero-order valence-electron chi connectivity index (χ0n) is 31.6. The summed E-state index contributed by atoms with van der Waals surface area (Å²) < 4.78 is 71.0. The van der Waals surface area contributed by atoms with Crippen molar-refractivity contribution in [1.82, 2.24) is 29.9 Å². The fraction of sp³-hybridized carbons (Fsp3) is 0.158. The fourth-order valence-electron chi connectivity index (χ4n) is 5.38. The minimum atomic E-state index is -4.85. The summed E-state index contributed by atoms with van der Waals surface area (Å²) in [5.41, 5.74) is 1.66. The van der Waals surface area contributed by atoms with Crippen LogP contribution in [0.25, 0.3) is 12.2 Å². The van der Waals surface area contributed by atoms with Gasteiger partial charge in [-0.05, 0) is 72.5 Å². The summed E-state index contributed by atoms with van der Waals surface area (Å²) in [6, 6.07) is 26.2. The Morgan fingerprint density at radius 2 is 0.774 bits per heavy atom. The van der Waals surface area contributed by atoms with E-state index in [1.165, 1.54) is 36.4 Å². The third kappa shape index (κ3) is 14.9. The maximum atomic E-state index is 12.6. The topological polar surface area (TPSA) is 299 Å². The summed E-state index contributed by atoms with van der Waals surface area (Å²) in [6.45, 7) is 0.602. The van der Waals surface area contributed by atoms with E-state index in [1.54, 1.807) is 24.3 Å². The van der Waals surface area contributed by atoms with Crippen LogP contribution >= 0.6 is 0 Å². The molecule has 20 nitrogen and oxygen atoms in total. The number of hydrogen-bond donors (Lipinski definition) is 10. The summed E-state index contributed by atoms with van der Waals surface area (Å²) in [6.07, 6.45) is 3.37. The molecule has 0 saturated heterocycles. The predicted octanol–water partition coefficient (Wildman–Crippen LogP) is 3.99. The molecule has 10 N–H and O–H groups in total. The molecule has 0 bridgehead atoms. The fourth-order valence-corrected chi connectivity index (χ4v) is 6.80. The van der Waals surface area contributed by atoms with Gasteiger partial charge in [-0.25, -0.2) is 0 Å². The van der Waals surface area contributed by atoms with E-state index in [0.717, 1.165) is 12.1 Å². The molecule has 0 atom stereocenters. The van der Waals surface area contributed by atoms with Crippen LogP contribution in [0.1, 0.15) is 24.0 Å². The summed E-state index contributed by atoms with van der Waals surface area (Å²) in [5, 5.41) is 36.4. The number of aromatic nitrogens is 6. The second-order valence-electron chi connectivity index (χ2n) is 12.6. The molecule has 0 aliphatic heterocycles. The Balaban J connectivity index is 0.00000422. The van der Waals surface area contributed by atoms with E-state index in [4.69, 9.17) is 0 Å². The predicted molar refractivity (Wildman–Crippen MR) is 242 cm³/mol. The normalized spacial score (nSPS) is 11.2. The molecule has 0 fully saturated rings. The number of nitrogens with one attached hydrogen (secondary N) is 6. The monoisotopic (exact) mass is 904 g/mol. The van der Waals surface area contributed by atoms with Crippen molar-refractivity contribution >= 4 is 150 Å². The molecule has 0 unspecified atom stereocenters. The Morgan fingerprint density at radius 3 is 1.10 bits per heavy atom. The second-order valence-corrected chi connectivity index (χ2v) is 15.4. The second kappa shape index (κ2) is 23.6. The molecule has 0 spiro atoms. The van der Waals surface area contributed by atoms with E-state index in [1.807, 2.05) is 36.4 Å². The molecule has 2 aromatic heterocycles. The Kier molecular flexibility index (Phi) is 18.9. The Hall–Kier alpha value is -4.82. The van der Waals surface area contributed by atoms with Gasteiger partial charge >= 0.3 is 59.1 Å². The quantitative estimate of drug-likeness (QED) is 0.0224. The number of nitrogens with zero attached hydrogens (tertiary/aromatic N) is 6. The molecular formula is C38H42N12Na2O8S2. The number of aliphatic hydroxyl groups is 2. The number of anilines is 10. The number of benzene rings is 4. The molecule has 0 saturated carbocycles. The first-order chi connectivity index (χ1) is 28.9. The summed E-state index contributed by atoms with van der Waals surface area (Å²) in [7, 11) is -9.70. The molecule has 62 heavy (non-hydrogen) atoms. The molecule has 0 aliphatic rings. The van der Waals surface area contributed by atoms with Crippen LogP contribution in [0.4, 0.5) is 58.4 Å². The van der Waals surface area contributed by atoms with Crippen molar-refractivity contribution in [3.8, 4) is 0 Å². The Morgan fingerprint density at radius 1 is 0.452 bits per heavy atom. The van der Waals surface area contributed by atoms with E-state index in [-0.39, 0.29) is 131 Å². The van der Waals surface area contributed by atoms with Gasteiger partial charge in [0.25, 0.3) is 20.2 Å². The van der Waals surface area contributed by atoms with Gasteiger partial charge < -0.3 is 42.1 Å². The van der Waals surface area contributed by atoms with Crippen molar-refractivity contribution in [3.63, 3.8) is 0 Å². The molecule has 6 rings (SSSR count). The van der Waals surface area contributed by atoms with Crippen LogP contribution in [-0.2, 0) is 20.2 Å². The van der Waals surface area contributed by atoms with Crippen LogP contribution in [0.3, 0.4) is 0 Å². The molecule has 4 aromatic carbocycles. The zero-order chi connectivity index (χ0) is 42.5. The van der Waals surface area contributed by atoms with Crippen molar-refractivity contribution in [2.75, 3.05) is 58.2 Å². The average Bonchev–Trinajstić information content (AvgIpc) is 3.21. The third-order valence-corrected chi connectivity index (χ3v) is 9.92. The van der Waals surface area contributed by atoms with Gasteiger partial charge in [0.2, 0.25) is 35.7 Å². The first kappa shape index (κ1) is 49.8. The molecule has 6 aromatic rings. The van der Waals surface area contributed by atoms with Crippen molar-refractivity contribution in [1.29, 1.82) is 0 Å². The molecule has 0 aliphatic carbocycles. The zero-order valence-corrected chi connectivity index (χ0v) is 33.2.